The van der Waals surface area contributed by atoms with E-state index in [1.165, 1.54) is 10.7 Å². The van der Waals surface area contributed by atoms with E-state index in [9.17, 15) is 10.1 Å². The molecule has 0 aliphatic heterocycles. The highest BCUT2D eigenvalue weighted by molar-refractivity contribution is 6.30. The lowest BCUT2D eigenvalue weighted by atomic mass is 9.97. The van der Waals surface area contributed by atoms with Crippen LogP contribution in [0.4, 0.5) is 0 Å². The molecule has 2 heterocycles. The second-order valence-electron chi connectivity index (χ2n) is 5.81. The maximum absolute atomic E-state index is 12.8. The summed E-state index contributed by atoms with van der Waals surface area (Å²) in [6.45, 7) is 5.83. The predicted octanol–water partition coefficient (Wildman–Crippen LogP) is 3.65. The highest BCUT2D eigenvalue weighted by Crippen LogP contribution is 2.29. The molecule has 116 valence electrons. The molecule has 6 heteroatoms. The number of nitrogens with one attached hydrogen (secondary N) is 1. The van der Waals surface area contributed by atoms with Crippen molar-refractivity contribution in [2.24, 2.45) is 0 Å². The number of aryl methyl sites for hydroxylation is 1. The van der Waals surface area contributed by atoms with Crippen LogP contribution in [0.3, 0.4) is 0 Å². The molecule has 0 fully saturated rings. The molecular formula is C17H15ClN4O. The topological polar surface area (TPSA) is 73.9 Å². The highest BCUT2D eigenvalue weighted by Gasteiger charge is 2.20. The third kappa shape index (κ3) is 2.51. The van der Waals surface area contributed by atoms with E-state index in [0.717, 1.165) is 11.1 Å². The average molecular weight is 327 g/mol. The van der Waals surface area contributed by atoms with Gasteiger partial charge in [0, 0.05) is 22.3 Å². The standard InChI is InChI=1S/C17H15ClN4O/c1-9(2)14-15(11-4-10(3)5-13(18)6-11)21-16-12(7-19)8-20-22(16)17(14)23/h4-6,8-9,20H,1-3H3. The van der Waals surface area contributed by atoms with Gasteiger partial charge in [-0.05, 0) is 36.6 Å². The van der Waals surface area contributed by atoms with E-state index in [2.05, 4.69) is 10.1 Å². The summed E-state index contributed by atoms with van der Waals surface area (Å²) in [6, 6.07) is 7.63. The zero-order valence-electron chi connectivity index (χ0n) is 13.0. The van der Waals surface area contributed by atoms with Gasteiger partial charge in [-0.3, -0.25) is 9.89 Å². The zero-order chi connectivity index (χ0) is 16.7. The Bertz CT molecular complexity index is 988. The van der Waals surface area contributed by atoms with Crippen molar-refractivity contribution in [3.05, 3.63) is 56.5 Å². The molecule has 1 aromatic carbocycles. The summed E-state index contributed by atoms with van der Waals surface area (Å²) in [7, 11) is 0. The Hall–Kier alpha value is -2.58. The Morgan fingerprint density at radius 3 is 2.70 bits per heavy atom. The SMILES string of the molecule is Cc1cc(Cl)cc(-c2nc3c(C#N)c[nH]n3c(=O)c2C(C)C)c1. The van der Waals surface area contributed by atoms with Crippen LogP contribution in [0.2, 0.25) is 5.02 Å². The number of rotatable bonds is 2. The van der Waals surface area contributed by atoms with Gasteiger partial charge in [0.15, 0.2) is 5.65 Å². The number of benzene rings is 1. The molecule has 0 spiro atoms. The molecule has 0 saturated carbocycles. The molecule has 0 aliphatic rings. The van der Waals surface area contributed by atoms with Gasteiger partial charge >= 0.3 is 0 Å². The summed E-state index contributed by atoms with van der Waals surface area (Å²) in [4.78, 5) is 17.4. The van der Waals surface area contributed by atoms with Crippen LogP contribution < -0.4 is 5.56 Å². The molecule has 3 aromatic rings. The third-order valence-electron chi connectivity index (χ3n) is 3.71. The van der Waals surface area contributed by atoms with Gasteiger partial charge in [0.1, 0.15) is 11.6 Å². The van der Waals surface area contributed by atoms with E-state index in [1.54, 1.807) is 6.07 Å². The molecule has 0 unspecified atom stereocenters. The zero-order valence-corrected chi connectivity index (χ0v) is 13.8. The Kier molecular flexibility index (Phi) is 3.70. The number of hydrogen-bond acceptors (Lipinski definition) is 3. The van der Waals surface area contributed by atoms with Crippen molar-refractivity contribution in [3.8, 4) is 17.3 Å². The quantitative estimate of drug-likeness (QED) is 0.781. The summed E-state index contributed by atoms with van der Waals surface area (Å²) >= 11 is 6.16. The number of aromatic amines is 1. The lowest BCUT2D eigenvalue weighted by Gasteiger charge is -2.13. The van der Waals surface area contributed by atoms with Crippen molar-refractivity contribution < 1.29 is 0 Å². The van der Waals surface area contributed by atoms with Gasteiger partial charge in [-0.15, -0.1) is 0 Å². The average Bonchev–Trinajstić information content (AvgIpc) is 2.88. The van der Waals surface area contributed by atoms with Crippen molar-refractivity contribution in [3.63, 3.8) is 0 Å². The van der Waals surface area contributed by atoms with E-state index in [-0.39, 0.29) is 11.5 Å². The number of nitriles is 1. The first-order valence-corrected chi connectivity index (χ1v) is 7.62. The van der Waals surface area contributed by atoms with Crippen LogP contribution in [0, 0.1) is 18.3 Å². The fourth-order valence-corrected chi connectivity index (χ4v) is 3.01. The summed E-state index contributed by atoms with van der Waals surface area (Å²) in [5.74, 6) is -0.0185. The molecule has 2 aromatic heterocycles. The molecule has 0 saturated heterocycles. The van der Waals surface area contributed by atoms with Crippen LogP contribution >= 0.6 is 11.6 Å². The first-order chi connectivity index (χ1) is 10.9. The van der Waals surface area contributed by atoms with Crippen molar-refractivity contribution in [1.82, 2.24) is 14.6 Å². The smallest absolute Gasteiger partial charge is 0.276 e. The third-order valence-corrected chi connectivity index (χ3v) is 3.93. The van der Waals surface area contributed by atoms with Gasteiger partial charge in [-0.1, -0.05) is 25.4 Å². The molecule has 0 bridgehead atoms. The molecule has 23 heavy (non-hydrogen) atoms. The van der Waals surface area contributed by atoms with E-state index in [1.807, 2.05) is 39.0 Å². The van der Waals surface area contributed by atoms with Crippen molar-refractivity contribution >= 4 is 17.2 Å². The number of aromatic nitrogens is 3. The second-order valence-corrected chi connectivity index (χ2v) is 6.25. The van der Waals surface area contributed by atoms with E-state index < -0.39 is 0 Å². The van der Waals surface area contributed by atoms with Gasteiger partial charge in [0.2, 0.25) is 0 Å². The van der Waals surface area contributed by atoms with E-state index in [0.29, 0.717) is 27.5 Å². The minimum atomic E-state index is -0.195. The maximum Gasteiger partial charge on any atom is 0.276 e. The van der Waals surface area contributed by atoms with Crippen LogP contribution in [0.15, 0.2) is 29.2 Å². The number of nitrogens with zero attached hydrogens (tertiary/aromatic N) is 3. The van der Waals surface area contributed by atoms with Crippen LogP contribution in [0.5, 0.6) is 0 Å². The number of fused-ring (bicyclic) bond motifs is 1. The number of H-pyrrole nitrogens is 1. The van der Waals surface area contributed by atoms with Crippen molar-refractivity contribution in [2.45, 2.75) is 26.7 Å². The van der Waals surface area contributed by atoms with Gasteiger partial charge < -0.3 is 0 Å². The summed E-state index contributed by atoms with van der Waals surface area (Å²) < 4.78 is 1.31. The molecule has 1 N–H and O–H groups in total. The minimum Gasteiger partial charge on any atom is -0.295 e. The van der Waals surface area contributed by atoms with E-state index in [4.69, 9.17) is 11.6 Å². The molecule has 0 radical (unpaired) electrons. The minimum absolute atomic E-state index is 0.0185. The normalized spacial score (nSPS) is 11.1. The molecular weight excluding hydrogens is 312 g/mol. The molecule has 0 aliphatic carbocycles. The molecule has 3 rings (SSSR count). The largest absolute Gasteiger partial charge is 0.295 e. The molecule has 5 nitrogen and oxygen atoms in total. The van der Waals surface area contributed by atoms with Crippen molar-refractivity contribution in [2.75, 3.05) is 0 Å². The second kappa shape index (κ2) is 5.56. The van der Waals surface area contributed by atoms with Crippen LogP contribution in [0.25, 0.3) is 16.9 Å². The Labute approximate surface area is 138 Å². The lowest BCUT2D eigenvalue weighted by Crippen LogP contribution is -2.22. The number of hydrogen-bond donors (Lipinski definition) is 1. The Morgan fingerprint density at radius 2 is 2.09 bits per heavy atom. The fraction of sp³-hybridized carbons (Fsp3) is 0.235. The van der Waals surface area contributed by atoms with Gasteiger partial charge in [-0.25, -0.2) is 9.50 Å². The summed E-state index contributed by atoms with van der Waals surface area (Å²) in [5.41, 5.74) is 3.40. The Balaban J connectivity index is 2.45. The number of halogens is 1. The molecule has 0 atom stereocenters. The Morgan fingerprint density at radius 1 is 1.35 bits per heavy atom. The predicted molar refractivity (Wildman–Crippen MR) is 89.8 cm³/mol. The summed E-state index contributed by atoms with van der Waals surface area (Å²) in [5, 5.41) is 12.6. The van der Waals surface area contributed by atoms with Gasteiger partial charge in [0.05, 0.1) is 5.69 Å². The van der Waals surface area contributed by atoms with Crippen molar-refractivity contribution in [1.29, 1.82) is 5.26 Å². The van der Waals surface area contributed by atoms with Crippen LogP contribution in [0.1, 0.15) is 36.5 Å². The highest BCUT2D eigenvalue weighted by atomic mass is 35.5. The maximum atomic E-state index is 12.8. The van der Waals surface area contributed by atoms with E-state index >= 15 is 0 Å². The monoisotopic (exact) mass is 326 g/mol. The molecule has 0 amide bonds. The van der Waals surface area contributed by atoms with Gasteiger partial charge in [-0.2, -0.15) is 5.26 Å². The van der Waals surface area contributed by atoms with Gasteiger partial charge in [0.25, 0.3) is 5.56 Å². The first kappa shape index (κ1) is 15.3. The fourth-order valence-electron chi connectivity index (χ4n) is 2.72. The van der Waals surface area contributed by atoms with Crippen LogP contribution in [-0.4, -0.2) is 14.6 Å². The summed E-state index contributed by atoms with van der Waals surface area (Å²) in [6.07, 6.45) is 1.49. The first-order valence-electron chi connectivity index (χ1n) is 7.24. The van der Waals surface area contributed by atoms with Crippen LogP contribution in [-0.2, 0) is 0 Å². The lowest BCUT2D eigenvalue weighted by molar-refractivity contribution is 0.797.